The van der Waals surface area contributed by atoms with E-state index in [4.69, 9.17) is 4.74 Å². The molecule has 7 heteroatoms. The first-order valence-corrected chi connectivity index (χ1v) is 8.68. The predicted molar refractivity (Wildman–Crippen MR) is 91.6 cm³/mol. The monoisotopic (exact) mass is 346 g/mol. The van der Waals surface area contributed by atoms with Crippen LogP contribution in [0.15, 0.2) is 34.7 Å². The zero-order valence-corrected chi connectivity index (χ0v) is 14.0. The van der Waals surface area contributed by atoms with Crippen molar-refractivity contribution >= 4 is 40.3 Å². The number of aromatic nitrogens is 1. The fourth-order valence-electron chi connectivity index (χ4n) is 2.06. The second kappa shape index (κ2) is 6.97. The van der Waals surface area contributed by atoms with Gasteiger partial charge in [-0.2, -0.15) is 0 Å². The van der Waals surface area contributed by atoms with Crippen LogP contribution in [-0.2, 0) is 11.2 Å². The van der Waals surface area contributed by atoms with E-state index >= 15 is 0 Å². The minimum absolute atomic E-state index is 0.334. The molecule has 1 aromatic carbocycles. The van der Waals surface area contributed by atoms with Crippen LogP contribution in [0.1, 0.15) is 16.1 Å². The van der Waals surface area contributed by atoms with Gasteiger partial charge in [-0.3, -0.25) is 14.9 Å². The highest BCUT2D eigenvalue weighted by Crippen LogP contribution is 2.26. The molecule has 5 nitrogen and oxygen atoms in total. The van der Waals surface area contributed by atoms with Crippen LogP contribution in [0.25, 0.3) is 6.08 Å². The van der Waals surface area contributed by atoms with Crippen molar-refractivity contribution < 1.29 is 14.3 Å². The first-order valence-electron chi connectivity index (χ1n) is 6.98. The smallest absolute Gasteiger partial charge is 0.290 e. The maximum Gasteiger partial charge on any atom is 0.290 e. The number of aryl methyl sites for hydroxylation is 1. The number of hydrogen-bond donors (Lipinski definition) is 1. The lowest BCUT2D eigenvalue weighted by molar-refractivity contribution is -0.115. The van der Waals surface area contributed by atoms with E-state index in [2.05, 4.69) is 10.3 Å². The van der Waals surface area contributed by atoms with Crippen LogP contribution < -0.4 is 10.1 Å². The number of amides is 2. The number of thioether (sulfide) groups is 1. The summed E-state index contributed by atoms with van der Waals surface area (Å²) in [6.45, 7) is 2.59. The number of nitrogens with one attached hydrogen (secondary N) is 1. The summed E-state index contributed by atoms with van der Waals surface area (Å²) < 4.78 is 5.72. The molecule has 1 aliphatic rings. The van der Waals surface area contributed by atoms with E-state index < -0.39 is 0 Å². The number of imide groups is 1. The number of ether oxygens (including phenoxy) is 1. The fraction of sp³-hybridized carbons (Fsp3) is 0.188. The van der Waals surface area contributed by atoms with Crippen LogP contribution in [0.2, 0.25) is 0 Å². The zero-order valence-electron chi connectivity index (χ0n) is 12.4. The molecule has 2 aromatic rings. The summed E-state index contributed by atoms with van der Waals surface area (Å²) in [7, 11) is 0. The predicted octanol–water partition coefficient (Wildman–Crippen LogP) is 3.40. The van der Waals surface area contributed by atoms with Crippen LogP contribution in [0.3, 0.4) is 0 Å². The maximum absolute atomic E-state index is 11.5. The average molecular weight is 346 g/mol. The summed E-state index contributed by atoms with van der Waals surface area (Å²) in [5.74, 6) is 0.425. The van der Waals surface area contributed by atoms with Crippen molar-refractivity contribution in [3.63, 3.8) is 0 Å². The van der Waals surface area contributed by atoms with Crippen molar-refractivity contribution in [3.05, 3.63) is 50.8 Å². The molecule has 2 amide bonds. The molecular formula is C16H14N2O3S2. The molecule has 0 atom stereocenters. The highest BCUT2D eigenvalue weighted by atomic mass is 32.2. The third-order valence-corrected chi connectivity index (χ3v) is 5.07. The van der Waals surface area contributed by atoms with E-state index in [9.17, 15) is 9.59 Å². The number of rotatable bonds is 5. The van der Waals surface area contributed by atoms with Gasteiger partial charge in [0.05, 0.1) is 22.7 Å². The molecule has 118 valence electrons. The Morgan fingerprint density at radius 1 is 1.26 bits per heavy atom. The molecule has 0 bridgehead atoms. The molecule has 0 radical (unpaired) electrons. The Bertz CT molecular complexity index is 766. The number of nitrogens with zero attached hydrogens (tertiary/aromatic N) is 1. The molecule has 3 rings (SSSR count). The van der Waals surface area contributed by atoms with Gasteiger partial charge in [0.25, 0.3) is 11.1 Å². The Balaban J connectivity index is 1.57. The lowest BCUT2D eigenvalue weighted by Gasteiger charge is -2.06. The Labute approximate surface area is 141 Å². The van der Waals surface area contributed by atoms with Crippen LogP contribution in [0, 0.1) is 6.92 Å². The van der Waals surface area contributed by atoms with Gasteiger partial charge in [-0.15, -0.1) is 11.3 Å². The highest BCUT2D eigenvalue weighted by molar-refractivity contribution is 8.18. The lowest BCUT2D eigenvalue weighted by Crippen LogP contribution is -2.17. The summed E-state index contributed by atoms with van der Waals surface area (Å²) >= 11 is 2.55. The molecule has 0 aliphatic carbocycles. The highest BCUT2D eigenvalue weighted by Gasteiger charge is 2.24. The van der Waals surface area contributed by atoms with Gasteiger partial charge in [-0.05, 0) is 42.5 Å². The molecule has 1 saturated heterocycles. The molecule has 1 aromatic heterocycles. The quantitative estimate of drug-likeness (QED) is 0.841. The van der Waals surface area contributed by atoms with Crippen molar-refractivity contribution in [2.45, 2.75) is 13.3 Å². The first kappa shape index (κ1) is 15.8. The second-order valence-corrected chi connectivity index (χ2v) is 6.83. The third-order valence-electron chi connectivity index (χ3n) is 3.26. The largest absolute Gasteiger partial charge is 0.493 e. The van der Waals surface area contributed by atoms with E-state index in [-0.39, 0.29) is 11.1 Å². The number of carbonyl (C=O) groups is 2. The number of carbonyl (C=O) groups excluding carboxylic acids is 2. The summed E-state index contributed by atoms with van der Waals surface area (Å²) in [6, 6.07) is 7.42. The standard InChI is InChI=1S/C16H14N2O3S2/c1-10-13(22-9-17-10)6-7-21-12-4-2-11(3-5-12)8-14-15(19)18-16(20)23-14/h2-5,8-9H,6-7H2,1H3,(H,18,19,20)/b14-8-. The van der Waals surface area contributed by atoms with E-state index in [0.717, 1.165) is 35.2 Å². The molecule has 1 N–H and O–H groups in total. The van der Waals surface area contributed by atoms with Crippen molar-refractivity contribution in [3.8, 4) is 5.75 Å². The molecule has 0 spiro atoms. The Morgan fingerprint density at radius 3 is 2.65 bits per heavy atom. The minimum atomic E-state index is -0.347. The summed E-state index contributed by atoms with van der Waals surface area (Å²) in [5.41, 5.74) is 3.75. The third kappa shape index (κ3) is 4.00. The van der Waals surface area contributed by atoms with Gasteiger partial charge < -0.3 is 4.74 Å². The van der Waals surface area contributed by atoms with Gasteiger partial charge in [0.2, 0.25) is 0 Å². The summed E-state index contributed by atoms with van der Waals surface area (Å²) in [4.78, 5) is 28.5. The number of thiazole rings is 1. The van der Waals surface area contributed by atoms with Crippen LogP contribution in [0.4, 0.5) is 4.79 Å². The number of hydrogen-bond acceptors (Lipinski definition) is 6. The van der Waals surface area contributed by atoms with Crippen LogP contribution in [0.5, 0.6) is 5.75 Å². The van der Waals surface area contributed by atoms with Gasteiger partial charge >= 0.3 is 0 Å². The molecule has 23 heavy (non-hydrogen) atoms. The SMILES string of the molecule is Cc1ncsc1CCOc1ccc(/C=C2\SC(=O)NC2=O)cc1. The van der Waals surface area contributed by atoms with Gasteiger partial charge in [0.15, 0.2) is 0 Å². The first-order chi connectivity index (χ1) is 11.1. The van der Waals surface area contributed by atoms with Crippen molar-refractivity contribution in [1.29, 1.82) is 0 Å². The molecule has 2 heterocycles. The van der Waals surface area contributed by atoms with E-state index in [1.54, 1.807) is 17.4 Å². The second-order valence-electron chi connectivity index (χ2n) is 4.88. The van der Waals surface area contributed by atoms with Crippen molar-refractivity contribution in [1.82, 2.24) is 10.3 Å². The maximum atomic E-state index is 11.5. The Morgan fingerprint density at radius 2 is 2.04 bits per heavy atom. The molecule has 1 aliphatic heterocycles. The summed E-state index contributed by atoms with van der Waals surface area (Å²) in [5, 5.41) is 1.90. The van der Waals surface area contributed by atoms with Crippen LogP contribution >= 0.6 is 23.1 Å². The van der Waals surface area contributed by atoms with Gasteiger partial charge in [0.1, 0.15) is 5.75 Å². The minimum Gasteiger partial charge on any atom is -0.493 e. The van der Waals surface area contributed by atoms with Crippen LogP contribution in [-0.4, -0.2) is 22.7 Å². The Kier molecular flexibility index (Phi) is 4.78. The van der Waals surface area contributed by atoms with Gasteiger partial charge in [-0.25, -0.2) is 4.98 Å². The molecular weight excluding hydrogens is 332 g/mol. The van der Waals surface area contributed by atoms with Gasteiger partial charge in [0, 0.05) is 11.3 Å². The van der Waals surface area contributed by atoms with E-state index in [1.165, 1.54) is 4.88 Å². The van der Waals surface area contributed by atoms with E-state index in [1.807, 2.05) is 36.7 Å². The molecule has 0 unspecified atom stereocenters. The summed E-state index contributed by atoms with van der Waals surface area (Å²) in [6.07, 6.45) is 2.52. The topological polar surface area (TPSA) is 68.3 Å². The number of benzene rings is 1. The Hall–Kier alpha value is -2.12. The van der Waals surface area contributed by atoms with Crippen molar-refractivity contribution in [2.75, 3.05) is 6.61 Å². The van der Waals surface area contributed by atoms with Gasteiger partial charge in [-0.1, -0.05) is 12.1 Å². The molecule has 1 fully saturated rings. The fourth-order valence-corrected chi connectivity index (χ4v) is 3.51. The molecule has 0 saturated carbocycles. The zero-order chi connectivity index (χ0) is 16.2. The normalized spacial score (nSPS) is 16.0. The van der Waals surface area contributed by atoms with E-state index in [0.29, 0.717) is 11.5 Å². The average Bonchev–Trinajstić information content (AvgIpc) is 3.07. The van der Waals surface area contributed by atoms with Crippen molar-refractivity contribution in [2.24, 2.45) is 0 Å². The lowest BCUT2D eigenvalue weighted by atomic mass is 10.2.